The second-order valence-electron chi connectivity index (χ2n) is 13.3. The van der Waals surface area contributed by atoms with Crippen LogP contribution < -0.4 is 9.64 Å². The number of para-hydroxylation sites is 2. The van der Waals surface area contributed by atoms with Gasteiger partial charge >= 0.3 is 0 Å². The number of anilines is 3. The average Bonchev–Trinajstić information content (AvgIpc) is 3.49. The highest BCUT2D eigenvalue weighted by Crippen LogP contribution is 2.64. The molecule has 1 heterocycles. The van der Waals surface area contributed by atoms with Gasteiger partial charge in [-0.3, -0.25) is 0 Å². The van der Waals surface area contributed by atoms with E-state index in [-0.39, 0.29) is 0 Å². The number of hydrogen-bond donors (Lipinski definition) is 0. The molecule has 0 saturated heterocycles. The van der Waals surface area contributed by atoms with Crippen LogP contribution in [-0.4, -0.2) is 0 Å². The number of fused-ring (bicyclic) bond motifs is 9. The summed E-state index contributed by atoms with van der Waals surface area (Å²) in [6.45, 7) is 0. The lowest BCUT2D eigenvalue weighted by Crippen LogP contribution is -2.33. The van der Waals surface area contributed by atoms with E-state index in [4.69, 9.17) is 4.74 Å². The molecule has 0 bridgehead atoms. The molecule has 2 aliphatic rings. The number of nitrogens with zero attached hydrogens (tertiary/aromatic N) is 1. The molecular weight excluding hydrogens is 619 g/mol. The fourth-order valence-electron chi connectivity index (χ4n) is 8.40. The quantitative estimate of drug-likeness (QED) is 0.184. The van der Waals surface area contributed by atoms with Gasteiger partial charge in [-0.15, -0.1) is 0 Å². The van der Waals surface area contributed by atoms with Crippen LogP contribution in [0.3, 0.4) is 0 Å². The maximum absolute atomic E-state index is 6.81. The zero-order valence-electron chi connectivity index (χ0n) is 27.9. The van der Waals surface area contributed by atoms with Crippen molar-refractivity contribution in [2.24, 2.45) is 0 Å². The van der Waals surface area contributed by atoms with Crippen LogP contribution in [0.5, 0.6) is 11.5 Å². The lowest BCUT2D eigenvalue weighted by molar-refractivity contribution is 0.437. The predicted octanol–water partition coefficient (Wildman–Crippen LogP) is 13.0. The van der Waals surface area contributed by atoms with Gasteiger partial charge in [-0.1, -0.05) is 152 Å². The monoisotopic (exact) mass is 651 g/mol. The fraction of sp³-hybridized carbons (Fsp3) is 0.0204. The molecule has 0 aromatic heterocycles. The minimum Gasteiger partial charge on any atom is -0.457 e. The summed E-state index contributed by atoms with van der Waals surface area (Å²) < 4.78 is 6.81. The van der Waals surface area contributed by atoms with Crippen molar-refractivity contribution in [2.45, 2.75) is 5.41 Å². The first-order valence-electron chi connectivity index (χ1n) is 17.5. The Balaban J connectivity index is 1.25. The molecule has 2 heteroatoms. The molecule has 1 unspecified atom stereocenters. The summed E-state index contributed by atoms with van der Waals surface area (Å²) in [6.07, 6.45) is 0. The van der Waals surface area contributed by atoms with Crippen LogP contribution in [0, 0.1) is 0 Å². The third-order valence-electron chi connectivity index (χ3n) is 10.5. The third kappa shape index (κ3) is 4.50. The molecule has 0 saturated carbocycles. The molecule has 0 radical (unpaired) electrons. The fourth-order valence-corrected chi connectivity index (χ4v) is 8.40. The topological polar surface area (TPSA) is 12.5 Å². The molecule has 0 N–H and O–H groups in total. The number of benzene rings is 8. The molecule has 51 heavy (non-hydrogen) atoms. The Hall–Kier alpha value is -6.64. The van der Waals surface area contributed by atoms with Gasteiger partial charge in [0.1, 0.15) is 11.5 Å². The molecule has 2 nitrogen and oxygen atoms in total. The molecule has 0 fully saturated rings. The van der Waals surface area contributed by atoms with E-state index >= 15 is 0 Å². The maximum Gasteiger partial charge on any atom is 0.132 e. The predicted molar refractivity (Wildman–Crippen MR) is 209 cm³/mol. The SMILES string of the molecule is c1ccc(-c2ccc(N(c3ccccc3)c3ccc4c(c3)C3(c5ccccc5Oc5cccc(-c6ccccc6)c53)c3ccccc3-4)cc2)cc1. The van der Waals surface area contributed by atoms with Gasteiger partial charge in [0.25, 0.3) is 0 Å². The minimum absolute atomic E-state index is 0.613. The zero-order chi connectivity index (χ0) is 33.8. The van der Waals surface area contributed by atoms with E-state index in [2.05, 4.69) is 205 Å². The summed E-state index contributed by atoms with van der Waals surface area (Å²) >= 11 is 0. The Morgan fingerprint density at radius 3 is 1.63 bits per heavy atom. The lowest BCUT2D eigenvalue weighted by Gasteiger charge is -2.41. The Morgan fingerprint density at radius 1 is 0.333 bits per heavy atom. The first kappa shape index (κ1) is 29.3. The van der Waals surface area contributed by atoms with Gasteiger partial charge in [-0.2, -0.15) is 0 Å². The summed E-state index contributed by atoms with van der Waals surface area (Å²) in [5.74, 6) is 1.78. The van der Waals surface area contributed by atoms with Crippen molar-refractivity contribution < 1.29 is 4.74 Å². The van der Waals surface area contributed by atoms with Crippen LogP contribution in [0.2, 0.25) is 0 Å². The minimum atomic E-state index is -0.613. The van der Waals surface area contributed by atoms with Crippen LogP contribution in [-0.2, 0) is 5.41 Å². The highest BCUT2D eigenvalue weighted by Gasteiger charge is 2.52. The van der Waals surface area contributed by atoms with Crippen molar-refractivity contribution in [3.05, 3.63) is 222 Å². The van der Waals surface area contributed by atoms with E-state index in [0.29, 0.717) is 0 Å². The molecule has 1 aliphatic carbocycles. The van der Waals surface area contributed by atoms with Crippen molar-refractivity contribution in [3.63, 3.8) is 0 Å². The lowest BCUT2D eigenvalue weighted by atomic mass is 9.64. The van der Waals surface area contributed by atoms with Gasteiger partial charge in [0.15, 0.2) is 0 Å². The summed E-state index contributed by atoms with van der Waals surface area (Å²) in [7, 11) is 0. The van der Waals surface area contributed by atoms with Crippen molar-refractivity contribution in [1.29, 1.82) is 0 Å². The van der Waals surface area contributed by atoms with Crippen LogP contribution in [0.15, 0.2) is 200 Å². The molecule has 1 spiro atoms. The van der Waals surface area contributed by atoms with E-state index in [0.717, 1.165) is 34.1 Å². The van der Waals surface area contributed by atoms with Gasteiger partial charge < -0.3 is 9.64 Å². The molecule has 0 amide bonds. The second-order valence-corrected chi connectivity index (χ2v) is 13.3. The van der Waals surface area contributed by atoms with E-state index in [1.54, 1.807) is 0 Å². The number of hydrogen-bond acceptors (Lipinski definition) is 2. The molecule has 8 aromatic rings. The van der Waals surface area contributed by atoms with Crippen LogP contribution in [0.4, 0.5) is 17.1 Å². The molecule has 8 aromatic carbocycles. The normalized spacial score (nSPS) is 14.9. The Labute approximate surface area is 298 Å². The van der Waals surface area contributed by atoms with Crippen molar-refractivity contribution in [2.75, 3.05) is 4.90 Å². The largest absolute Gasteiger partial charge is 0.457 e. The molecule has 240 valence electrons. The Bertz CT molecular complexity index is 2540. The maximum atomic E-state index is 6.81. The molecule has 10 rings (SSSR count). The summed E-state index contributed by atoms with van der Waals surface area (Å²) in [5, 5.41) is 0. The number of ether oxygens (including phenoxy) is 1. The highest BCUT2D eigenvalue weighted by molar-refractivity contribution is 5.93. The molecule has 1 atom stereocenters. The Kier molecular flexibility index (Phi) is 6.75. The van der Waals surface area contributed by atoms with Crippen LogP contribution in [0.1, 0.15) is 22.3 Å². The zero-order valence-corrected chi connectivity index (χ0v) is 27.9. The van der Waals surface area contributed by atoms with Crippen molar-refractivity contribution in [3.8, 4) is 44.9 Å². The number of rotatable bonds is 5. The van der Waals surface area contributed by atoms with Crippen molar-refractivity contribution in [1.82, 2.24) is 0 Å². The van der Waals surface area contributed by atoms with Gasteiger partial charge in [0.2, 0.25) is 0 Å². The van der Waals surface area contributed by atoms with Gasteiger partial charge in [0, 0.05) is 28.2 Å². The highest BCUT2D eigenvalue weighted by atomic mass is 16.5. The standard InChI is InChI=1S/C49H33NO/c1-4-15-34(16-5-1)35-27-29-38(30-28-35)50(37-19-8-3-9-20-37)39-31-32-42-41-21-10-11-23-43(41)49(45(42)33-39)44-24-12-13-25-46(44)51-47-26-14-22-40(48(47)49)36-17-6-2-7-18-36/h1-33H. The van der Waals surface area contributed by atoms with E-state index < -0.39 is 5.41 Å². The second kappa shape index (κ2) is 11.8. The van der Waals surface area contributed by atoms with Gasteiger partial charge in [-0.05, 0) is 93.0 Å². The first-order valence-corrected chi connectivity index (χ1v) is 17.5. The van der Waals surface area contributed by atoms with Gasteiger partial charge in [0.05, 0.1) is 5.41 Å². The summed E-state index contributed by atoms with van der Waals surface area (Å²) in [5.41, 5.74) is 14.8. The van der Waals surface area contributed by atoms with Crippen molar-refractivity contribution >= 4 is 17.1 Å². The van der Waals surface area contributed by atoms with Gasteiger partial charge in [-0.25, -0.2) is 0 Å². The van der Waals surface area contributed by atoms with Crippen LogP contribution >= 0.6 is 0 Å². The Morgan fingerprint density at radius 2 is 0.863 bits per heavy atom. The molecular formula is C49H33NO. The smallest absolute Gasteiger partial charge is 0.132 e. The third-order valence-corrected chi connectivity index (χ3v) is 10.5. The average molecular weight is 652 g/mol. The van der Waals surface area contributed by atoms with E-state index in [9.17, 15) is 0 Å². The summed E-state index contributed by atoms with van der Waals surface area (Å²) in [4.78, 5) is 2.38. The van der Waals surface area contributed by atoms with E-state index in [1.807, 2.05) is 0 Å². The first-order chi connectivity index (χ1) is 25.3. The molecule has 1 aliphatic heterocycles. The van der Waals surface area contributed by atoms with Crippen LogP contribution in [0.25, 0.3) is 33.4 Å². The summed E-state index contributed by atoms with van der Waals surface area (Å²) in [6, 6.07) is 72.0. The van der Waals surface area contributed by atoms with E-state index in [1.165, 1.54) is 50.1 Å².